The molecular weight excluding hydrogens is 380 g/mol. The highest BCUT2D eigenvalue weighted by Crippen LogP contribution is 2.25. The Kier molecular flexibility index (Phi) is 7.27. The van der Waals surface area contributed by atoms with Crippen LogP contribution in [-0.4, -0.2) is 24.9 Å². The smallest absolute Gasteiger partial charge is 0.293 e. The topological polar surface area (TPSA) is 71.8 Å². The molecule has 1 heterocycles. The van der Waals surface area contributed by atoms with Crippen molar-refractivity contribution in [3.63, 3.8) is 0 Å². The summed E-state index contributed by atoms with van der Waals surface area (Å²) in [6.07, 6.45) is 2.10. The highest BCUT2D eigenvalue weighted by molar-refractivity contribution is 6.04. The third-order valence-electron chi connectivity index (χ3n) is 4.49. The predicted octanol–water partition coefficient (Wildman–Crippen LogP) is 4.88. The highest BCUT2D eigenvalue weighted by Gasteiger charge is 2.20. The maximum atomic E-state index is 12.9. The van der Waals surface area contributed by atoms with Crippen LogP contribution in [0.2, 0.25) is 0 Å². The van der Waals surface area contributed by atoms with Crippen LogP contribution in [0.5, 0.6) is 11.5 Å². The molecule has 3 aromatic rings. The summed E-state index contributed by atoms with van der Waals surface area (Å²) < 4.78 is 11.1. The average Bonchev–Trinajstić information content (AvgIpc) is 3.30. The number of anilines is 1. The molecule has 156 valence electrons. The lowest BCUT2D eigenvalue weighted by Gasteiger charge is -2.22. The SMILES string of the molecule is CC(C)C(=O)NCCCN(C(=O)c1ccco1)c1ccc(Oc2ccccc2)cc1. The average molecular weight is 406 g/mol. The molecule has 30 heavy (non-hydrogen) atoms. The van der Waals surface area contributed by atoms with Crippen LogP contribution < -0.4 is 15.0 Å². The van der Waals surface area contributed by atoms with E-state index >= 15 is 0 Å². The van der Waals surface area contributed by atoms with E-state index in [0.29, 0.717) is 25.3 Å². The van der Waals surface area contributed by atoms with Gasteiger partial charge in [0.15, 0.2) is 5.76 Å². The van der Waals surface area contributed by atoms with Gasteiger partial charge in [-0.3, -0.25) is 9.59 Å². The van der Waals surface area contributed by atoms with Crippen LogP contribution in [-0.2, 0) is 4.79 Å². The van der Waals surface area contributed by atoms with Gasteiger partial charge in [0.25, 0.3) is 5.91 Å². The zero-order valence-electron chi connectivity index (χ0n) is 17.2. The Morgan fingerprint density at radius 3 is 2.30 bits per heavy atom. The number of furan rings is 1. The van der Waals surface area contributed by atoms with Crippen molar-refractivity contribution >= 4 is 17.5 Å². The van der Waals surface area contributed by atoms with Crippen molar-refractivity contribution in [1.29, 1.82) is 0 Å². The first kappa shape index (κ1) is 21.2. The fourth-order valence-electron chi connectivity index (χ4n) is 2.85. The standard InChI is InChI=1S/C24H26N2O4/c1-18(2)23(27)25-15-7-16-26(24(28)22-10-6-17-29-22)19-11-13-21(14-12-19)30-20-8-4-3-5-9-20/h3-6,8-14,17-18H,7,15-16H2,1-2H3,(H,25,27). The number of nitrogens with one attached hydrogen (secondary N) is 1. The molecule has 6 heteroatoms. The molecule has 0 unspecified atom stereocenters. The van der Waals surface area contributed by atoms with Crippen molar-refractivity contribution in [2.75, 3.05) is 18.0 Å². The Labute approximate surface area is 176 Å². The first-order valence-electron chi connectivity index (χ1n) is 10.0. The summed E-state index contributed by atoms with van der Waals surface area (Å²) in [5.74, 6) is 1.40. The predicted molar refractivity (Wildman–Crippen MR) is 116 cm³/mol. The molecule has 0 spiro atoms. The van der Waals surface area contributed by atoms with Crippen molar-refractivity contribution in [3.05, 3.63) is 78.8 Å². The van der Waals surface area contributed by atoms with Gasteiger partial charge in [-0.15, -0.1) is 0 Å². The van der Waals surface area contributed by atoms with Crippen LogP contribution in [0.25, 0.3) is 0 Å². The molecule has 0 atom stereocenters. The number of carbonyl (C=O) groups is 2. The highest BCUT2D eigenvalue weighted by atomic mass is 16.5. The molecule has 0 saturated carbocycles. The molecule has 6 nitrogen and oxygen atoms in total. The quantitative estimate of drug-likeness (QED) is 0.514. The first-order valence-corrected chi connectivity index (χ1v) is 10.0. The van der Waals surface area contributed by atoms with Gasteiger partial charge in [0.05, 0.1) is 6.26 Å². The molecule has 0 saturated heterocycles. The fourth-order valence-corrected chi connectivity index (χ4v) is 2.85. The van der Waals surface area contributed by atoms with Crippen molar-refractivity contribution < 1.29 is 18.7 Å². The maximum Gasteiger partial charge on any atom is 0.293 e. The lowest BCUT2D eigenvalue weighted by molar-refractivity contribution is -0.123. The van der Waals surface area contributed by atoms with Crippen LogP contribution in [0.15, 0.2) is 77.4 Å². The number of amides is 2. The molecule has 1 N–H and O–H groups in total. The molecule has 0 aliphatic heterocycles. The van der Waals surface area contributed by atoms with Gasteiger partial charge in [0.1, 0.15) is 11.5 Å². The molecule has 0 fully saturated rings. The van der Waals surface area contributed by atoms with E-state index in [0.717, 1.165) is 11.4 Å². The van der Waals surface area contributed by atoms with Crippen LogP contribution in [0.3, 0.4) is 0 Å². The second kappa shape index (κ2) is 10.3. The number of carbonyl (C=O) groups excluding carboxylic acids is 2. The molecule has 2 aromatic carbocycles. The lowest BCUT2D eigenvalue weighted by atomic mass is 10.2. The van der Waals surface area contributed by atoms with E-state index in [-0.39, 0.29) is 23.5 Å². The number of para-hydroxylation sites is 1. The number of hydrogen-bond donors (Lipinski definition) is 1. The van der Waals surface area contributed by atoms with Gasteiger partial charge < -0.3 is 19.4 Å². The number of rotatable bonds is 9. The monoisotopic (exact) mass is 406 g/mol. The Balaban J connectivity index is 1.69. The van der Waals surface area contributed by atoms with E-state index in [1.807, 2.05) is 68.4 Å². The van der Waals surface area contributed by atoms with Gasteiger partial charge in [-0.25, -0.2) is 0 Å². The van der Waals surface area contributed by atoms with Crippen LogP contribution >= 0.6 is 0 Å². The summed E-state index contributed by atoms with van der Waals surface area (Å²) >= 11 is 0. The third kappa shape index (κ3) is 5.73. The Bertz CT molecular complexity index is 935. The van der Waals surface area contributed by atoms with Crippen molar-refractivity contribution in [2.45, 2.75) is 20.3 Å². The van der Waals surface area contributed by atoms with Crippen LogP contribution in [0.1, 0.15) is 30.8 Å². The Morgan fingerprint density at radius 2 is 1.67 bits per heavy atom. The van der Waals surface area contributed by atoms with Crippen LogP contribution in [0.4, 0.5) is 5.69 Å². The summed E-state index contributed by atoms with van der Waals surface area (Å²) in [5, 5.41) is 2.88. The van der Waals surface area contributed by atoms with E-state index in [9.17, 15) is 9.59 Å². The summed E-state index contributed by atoms with van der Waals surface area (Å²) in [6, 6.07) is 20.2. The molecule has 1 aromatic heterocycles. The van der Waals surface area contributed by atoms with Crippen molar-refractivity contribution in [3.8, 4) is 11.5 Å². The number of ether oxygens (including phenoxy) is 1. The van der Waals surface area contributed by atoms with Gasteiger partial charge >= 0.3 is 0 Å². The Morgan fingerprint density at radius 1 is 0.967 bits per heavy atom. The van der Waals surface area contributed by atoms with Gasteiger partial charge in [0.2, 0.25) is 5.91 Å². The molecule has 0 radical (unpaired) electrons. The van der Waals surface area contributed by atoms with Gasteiger partial charge in [0, 0.05) is 24.7 Å². The minimum atomic E-state index is -0.230. The minimum Gasteiger partial charge on any atom is -0.459 e. The molecule has 0 aliphatic carbocycles. The zero-order chi connectivity index (χ0) is 21.3. The second-order valence-corrected chi connectivity index (χ2v) is 7.14. The summed E-state index contributed by atoms with van der Waals surface area (Å²) in [7, 11) is 0. The fraction of sp³-hybridized carbons (Fsp3) is 0.250. The lowest BCUT2D eigenvalue weighted by Crippen LogP contribution is -2.35. The largest absolute Gasteiger partial charge is 0.459 e. The minimum absolute atomic E-state index is 0.00123. The zero-order valence-corrected chi connectivity index (χ0v) is 17.2. The maximum absolute atomic E-state index is 12.9. The van der Waals surface area contributed by atoms with E-state index in [1.165, 1.54) is 6.26 Å². The normalized spacial score (nSPS) is 10.6. The number of nitrogens with zero attached hydrogens (tertiary/aromatic N) is 1. The Hall–Kier alpha value is -3.54. The van der Waals surface area contributed by atoms with Crippen molar-refractivity contribution in [1.82, 2.24) is 5.32 Å². The van der Waals surface area contributed by atoms with Crippen molar-refractivity contribution in [2.24, 2.45) is 5.92 Å². The first-order chi connectivity index (χ1) is 14.5. The van der Waals surface area contributed by atoms with E-state index < -0.39 is 0 Å². The third-order valence-corrected chi connectivity index (χ3v) is 4.49. The molecule has 0 aliphatic rings. The van der Waals surface area contributed by atoms with Gasteiger partial charge in [-0.05, 0) is 55.0 Å². The summed E-state index contributed by atoms with van der Waals surface area (Å²) in [6.45, 7) is 4.63. The molecule has 2 amide bonds. The van der Waals surface area contributed by atoms with Gasteiger partial charge in [-0.2, -0.15) is 0 Å². The number of hydrogen-bond acceptors (Lipinski definition) is 4. The number of benzene rings is 2. The summed E-state index contributed by atoms with van der Waals surface area (Å²) in [5.41, 5.74) is 0.729. The molecule has 3 rings (SSSR count). The van der Waals surface area contributed by atoms with E-state index in [2.05, 4.69) is 5.32 Å². The summed E-state index contributed by atoms with van der Waals surface area (Å²) in [4.78, 5) is 26.3. The van der Waals surface area contributed by atoms with Crippen LogP contribution in [0, 0.1) is 5.92 Å². The molecule has 0 bridgehead atoms. The van der Waals surface area contributed by atoms with E-state index in [1.54, 1.807) is 17.0 Å². The second-order valence-electron chi connectivity index (χ2n) is 7.14. The van der Waals surface area contributed by atoms with E-state index in [4.69, 9.17) is 9.15 Å². The van der Waals surface area contributed by atoms with Gasteiger partial charge in [-0.1, -0.05) is 32.0 Å². The molecular formula is C24H26N2O4.